The minimum Gasteiger partial charge on any atom is -0.388 e. The Morgan fingerprint density at radius 3 is 1.61 bits per heavy atom. The number of rotatable bonds is 13. The number of aliphatic hydroxyl groups is 1. The molecule has 0 spiro atoms. The predicted molar refractivity (Wildman–Crippen MR) is 121 cm³/mol. The lowest BCUT2D eigenvalue weighted by Crippen LogP contribution is -2.44. The van der Waals surface area contributed by atoms with Gasteiger partial charge < -0.3 is 24.7 Å². The van der Waals surface area contributed by atoms with Crippen molar-refractivity contribution in [2.45, 2.75) is 38.1 Å². The van der Waals surface area contributed by atoms with E-state index in [1.165, 1.54) is 6.21 Å². The molecule has 3 rings (SSSR count). The third kappa shape index (κ3) is 7.74. The van der Waals surface area contributed by atoms with Crippen LogP contribution in [-0.2, 0) is 34.0 Å². The topological polar surface area (TPSA) is 71.8 Å². The van der Waals surface area contributed by atoms with Crippen LogP contribution in [0.25, 0.3) is 0 Å². The van der Waals surface area contributed by atoms with E-state index in [2.05, 4.69) is 0 Å². The molecule has 0 fully saturated rings. The van der Waals surface area contributed by atoms with Crippen LogP contribution >= 0.6 is 0 Å². The summed E-state index contributed by atoms with van der Waals surface area (Å²) in [7, 11) is 0. The van der Waals surface area contributed by atoms with Gasteiger partial charge in [-0.2, -0.15) is 0 Å². The third-order valence-electron chi connectivity index (χ3n) is 4.84. The first kappa shape index (κ1) is 22.8. The Kier molecular flexibility index (Phi) is 9.41. The number of benzene rings is 3. The van der Waals surface area contributed by atoms with Crippen molar-refractivity contribution in [1.82, 2.24) is 0 Å². The molecule has 0 saturated heterocycles. The van der Waals surface area contributed by atoms with Crippen molar-refractivity contribution >= 4 is 6.21 Å². The first-order valence-corrected chi connectivity index (χ1v) is 10.4. The van der Waals surface area contributed by atoms with Gasteiger partial charge in [-0.3, -0.25) is 0 Å². The maximum absolute atomic E-state index is 10.8. The van der Waals surface area contributed by atoms with Gasteiger partial charge in [0.05, 0.1) is 26.4 Å². The van der Waals surface area contributed by atoms with Crippen molar-refractivity contribution in [2.24, 2.45) is 0 Å². The van der Waals surface area contributed by atoms with Gasteiger partial charge in [0.25, 0.3) is 0 Å². The highest BCUT2D eigenvalue weighted by Gasteiger charge is 2.29. The molecular formula is C26H29NO4. The normalized spacial score (nSPS) is 14.0. The zero-order chi connectivity index (χ0) is 21.7. The van der Waals surface area contributed by atoms with E-state index in [-0.39, 0.29) is 6.61 Å². The summed E-state index contributed by atoms with van der Waals surface area (Å²) in [6.45, 7) is 1.10. The third-order valence-corrected chi connectivity index (χ3v) is 4.84. The summed E-state index contributed by atoms with van der Waals surface area (Å²) in [6, 6.07) is 29.3. The van der Waals surface area contributed by atoms with Crippen LogP contribution in [0.15, 0.2) is 91.0 Å². The Hall–Kier alpha value is -2.83. The standard InChI is InChI=1S/C26H29NO4/c27-16-25(30-18-22-12-6-2-7-13-22)26(31-19-23-14-8-3-9-15-23)24(28)20-29-17-21-10-4-1-5-11-21/h1-16,24-28H,17-20H2/t24-,25-,26-/m0/s1. The van der Waals surface area contributed by atoms with E-state index >= 15 is 0 Å². The molecule has 2 N–H and O–H groups in total. The van der Waals surface area contributed by atoms with Gasteiger partial charge in [-0.15, -0.1) is 0 Å². The quantitative estimate of drug-likeness (QED) is 0.403. The number of hydrogen-bond acceptors (Lipinski definition) is 5. The molecule has 162 valence electrons. The molecule has 0 unspecified atom stereocenters. The van der Waals surface area contributed by atoms with E-state index in [9.17, 15) is 5.11 Å². The molecule has 0 amide bonds. The maximum atomic E-state index is 10.8. The molecule has 3 aromatic carbocycles. The molecule has 5 heteroatoms. The largest absolute Gasteiger partial charge is 0.388 e. The molecule has 5 nitrogen and oxygen atoms in total. The van der Waals surface area contributed by atoms with Gasteiger partial charge in [-0.25, -0.2) is 0 Å². The Morgan fingerprint density at radius 2 is 1.13 bits per heavy atom. The molecule has 0 radical (unpaired) electrons. The number of hydrogen-bond donors (Lipinski definition) is 2. The lowest BCUT2D eigenvalue weighted by Gasteiger charge is -2.29. The molecule has 3 atom stereocenters. The fraction of sp³-hybridized carbons (Fsp3) is 0.269. The first-order chi connectivity index (χ1) is 15.3. The van der Waals surface area contributed by atoms with Gasteiger partial charge in [-0.05, 0) is 16.7 Å². The zero-order valence-corrected chi connectivity index (χ0v) is 17.5. The summed E-state index contributed by atoms with van der Waals surface area (Å²) < 4.78 is 17.7. The van der Waals surface area contributed by atoms with E-state index in [1.807, 2.05) is 91.0 Å². The lowest BCUT2D eigenvalue weighted by atomic mass is 10.1. The van der Waals surface area contributed by atoms with Crippen molar-refractivity contribution in [3.63, 3.8) is 0 Å². The van der Waals surface area contributed by atoms with Crippen LogP contribution < -0.4 is 0 Å². The van der Waals surface area contributed by atoms with E-state index in [0.717, 1.165) is 16.7 Å². The highest BCUT2D eigenvalue weighted by Crippen LogP contribution is 2.15. The minimum atomic E-state index is -0.949. The van der Waals surface area contributed by atoms with Crippen LogP contribution in [0.1, 0.15) is 16.7 Å². The van der Waals surface area contributed by atoms with Gasteiger partial charge in [0.15, 0.2) is 0 Å². The monoisotopic (exact) mass is 419 g/mol. The van der Waals surface area contributed by atoms with Crippen LogP contribution in [0.3, 0.4) is 0 Å². The van der Waals surface area contributed by atoms with E-state index in [1.54, 1.807) is 0 Å². The molecule has 0 saturated carbocycles. The minimum absolute atomic E-state index is 0.0768. The van der Waals surface area contributed by atoms with Crippen LogP contribution in [0.2, 0.25) is 0 Å². The van der Waals surface area contributed by atoms with Crippen molar-refractivity contribution in [3.8, 4) is 0 Å². The molecule has 31 heavy (non-hydrogen) atoms. The molecule has 0 heterocycles. The number of nitrogens with one attached hydrogen (secondary N) is 1. The van der Waals surface area contributed by atoms with E-state index in [4.69, 9.17) is 19.6 Å². The van der Waals surface area contributed by atoms with E-state index < -0.39 is 18.3 Å². The molecular weight excluding hydrogens is 390 g/mol. The first-order valence-electron chi connectivity index (χ1n) is 10.4. The molecule has 0 aliphatic heterocycles. The summed E-state index contributed by atoms with van der Waals surface area (Å²) in [6.07, 6.45) is -1.22. The second kappa shape index (κ2) is 12.8. The maximum Gasteiger partial charge on any atom is 0.121 e. The Balaban J connectivity index is 1.62. The van der Waals surface area contributed by atoms with Crippen LogP contribution in [-0.4, -0.2) is 36.2 Å². The van der Waals surface area contributed by atoms with Crippen molar-refractivity contribution in [2.75, 3.05) is 6.61 Å². The number of aliphatic hydroxyl groups excluding tert-OH is 1. The average molecular weight is 420 g/mol. The van der Waals surface area contributed by atoms with Crippen LogP contribution in [0.5, 0.6) is 0 Å². The zero-order valence-electron chi connectivity index (χ0n) is 17.5. The second-order valence-electron chi connectivity index (χ2n) is 7.26. The molecule has 0 bridgehead atoms. The summed E-state index contributed by atoms with van der Waals surface area (Å²) in [5.74, 6) is 0. The van der Waals surface area contributed by atoms with Gasteiger partial charge in [0, 0.05) is 6.21 Å². The molecule has 0 aliphatic rings. The van der Waals surface area contributed by atoms with Crippen molar-refractivity contribution in [3.05, 3.63) is 108 Å². The van der Waals surface area contributed by atoms with Crippen LogP contribution in [0, 0.1) is 5.41 Å². The molecule has 0 aliphatic carbocycles. The van der Waals surface area contributed by atoms with Gasteiger partial charge in [0.1, 0.15) is 18.3 Å². The molecule has 0 aromatic heterocycles. The summed E-state index contributed by atoms with van der Waals surface area (Å²) >= 11 is 0. The van der Waals surface area contributed by atoms with Crippen molar-refractivity contribution < 1.29 is 19.3 Å². The second-order valence-corrected chi connectivity index (χ2v) is 7.26. The Morgan fingerprint density at radius 1 is 0.677 bits per heavy atom. The highest BCUT2D eigenvalue weighted by atomic mass is 16.6. The van der Waals surface area contributed by atoms with Gasteiger partial charge in [-0.1, -0.05) is 91.0 Å². The molecule has 3 aromatic rings. The summed E-state index contributed by atoms with van der Waals surface area (Å²) in [5.41, 5.74) is 3.00. The predicted octanol–water partition coefficient (Wildman–Crippen LogP) is 4.38. The van der Waals surface area contributed by atoms with Gasteiger partial charge in [0.2, 0.25) is 0 Å². The van der Waals surface area contributed by atoms with E-state index in [0.29, 0.717) is 19.8 Å². The fourth-order valence-corrected chi connectivity index (χ4v) is 3.16. The highest BCUT2D eigenvalue weighted by molar-refractivity contribution is 5.60. The van der Waals surface area contributed by atoms with Gasteiger partial charge >= 0.3 is 0 Å². The van der Waals surface area contributed by atoms with Crippen LogP contribution in [0.4, 0.5) is 0 Å². The lowest BCUT2D eigenvalue weighted by molar-refractivity contribution is -0.127. The SMILES string of the molecule is N=C[C@H](OCc1ccccc1)[C@@H](OCc1ccccc1)[C@@H](O)COCc1ccccc1. The summed E-state index contributed by atoms with van der Waals surface area (Å²) in [4.78, 5) is 0. The van der Waals surface area contributed by atoms with Crippen molar-refractivity contribution in [1.29, 1.82) is 5.41 Å². The fourth-order valence-electron chi connectivity index (χ4n) is 3.16. The Labute approximate surface area is 183 Å². The summed E-state index contributed by atoms with van der Waals surface area (Å²) in [5, 5.41) is 18.7. The average Bonchev–Trinajstić information content (AvgIpc) is 2.83. The Bertz CT molecular complexity index is 874. The smallest absolute Gasteiger partial charge is 0.121 e. The number of ether oxygens (including phenoxy) is 3.